The number of ketones is 2. The standard InChI is InChI=1S/C11H11BrO3/c1-7(13)8-5-3-4-6-9(8)10(14)11(12)15-2/h3-6,11H,1-2H3. The Balaban J connectivity index is 3.13. The molecule has 1 atom stereocenters. The number of alkyl halides is 1. The molecule has 1 rings (SSSR count). The van der Waals surface area contributed by atoms with Crippen molar-refractivity contribution in [3.63, 3.8) is 0 Å². The minimum Gasteiger partial charge on any atom is -0.362 e. The maximum atomic E-state index is 11.8. The van der Waals surface area contributed by atoms with Crippen molar-refractivity contribution in [2.45, 2.75) is 11.9 Å². The maximum Gasteiger partial charge on any atom is 0.203 e. The molecular formula is C11H11BrO3. The van der Waals surface area contributed by atoms with Gasteiger partial charge in [0.15, 0.2) is 10.8 Å². The van der Waals surface area contributed by atoms with E-state index >= 15 is 0 Å². The van der Waals surface area contributed by atoms with E-state index in [9.17, 15) is 9.59 Å². The molecule has 0 radical (unpaired) electrons. The van der Waals surface area contributed by atoms with Crippen molar-refractivity contribution < 1.29 is 14.3 Å². The van der Waals surface area contributed by atoms with Crippen LogP contribution in [0.15, 0.2) is 24.3 Å². The summed E-state index contributed by atoms with van der Waals surface area (Å²) in [5.74, 6) is -0.377. The summed E-state index contributed by atoms with van der Waals surface area (Å²) in [6.07, 6.45) is 0. The Labute approximate surface area is 96.6 Å². The van der Waals surface area contributed by atoms with Crippen LogP contribution in [0.25, 0.3) is 0 Å². The minimum absolute atomic E-state index is 0.130. The smallest absolute Gasteiger partial charge is 0.203 e. The lowest BCUT2D eigenvalue weighted by Gasteiger charge is -2.09. The number of methoxy groups -OCH3 is 1. The molecule has 0 spiro atoms. The fourth-order valence-corrected chi connectivity index (χ4v) is 1.48. The quantitative estimate of drug-likeness (QED) is 0.624. The summed E-state index contributed by atoms with van der Waals surface area (Å²) in [7, 11) is 1.42. The van der Waals surface area contributed by atoms with Crippen LogP contribution in [-0.4, -0.2) is 23.7 Å². The topological polar surface area (TPSA) is 43.4 Å². The van der Waals surface area contributed by atoms with Crippen LogP contribution in [0.3, 0.4) is 0 Å². The lowest BCUT2D eigenvalue weighted by atomic mass is 10.0. The van der Waals surface area contributed by atoms with Crippen LogP contribution >= 0.6 is 15.9 Å². The van der Waals surface area contributed by atoms with Crippen LogP contribution in [-0.2, 0) is 4.74 Å². The van der Waals surface area contributed by atoms with E-state index in [4.69, 9.17) is 4.74 Å². The molecule has 0 aliphatic rings. The van der Waals surface area contributed by atoms with E-state index in [1.165, 1.54) is 14.0 Å². The molecule has 3 nitrogen and oxygen atoms in total. The van der Waals surface area contributed by atoms with Crippen LogP contribution in [0.5, 0.6) is 0 Å². The molecule has 0 saturated carbocycles. The van der Waals surface area contributed by atoms with Gasteiger partial charge in [-0.2, -0.15) is 0 Å². The zero-order valence-electron chi connectivity index (χ0n) is 8.49. The fraction of sp³-hybridized carbons (Fsp3) is 0.273. The summed E-state index contributed by atoms with van der Waals surface area (Å²) in [5.41, 5.74) is 0.803. The molecule has 0 N–H and O–H groups in total. The second kappa shape index (κ2) is 5.19. The molecule has 1 aromatic carbocycles. The largest absolute Gasteiger partial charge is 0.362 e. The normalized spacial score (nSPS) is 12.2. The Bertz CT molecular complexity index is 387. The first-order chi connectivity index (χ1) is 7.07. The predicted octanol–water partition coefficient (Wildman–Crippen LogP) is 2.44. The van der Waals surface area contributed by atoms with E-state index in [1.54, 1.807) is 24.3 Å². The number of hydrogen-bond donors (Lipinski definition) is 0. The van der Waals surface area contributed by atoms with E-state index < -0.39 is 5.01 Å². The van der Waals surface area contributed by atoms with E-state index in [1.807, 2.05) is 0 Å². The molecule has 0 aromatic heterocycles. The third kappa shape index (κ3) is 2.73. The van der Waals surface area contributed by atoms with E-state index in [0.717, 1.165) is 0 Å². The number of hydrogen-bond acceptors (Lipinski definition) is 3. The second-order valence-electron chi connectivity index (χ2n) is 3.02. The molecule has 0 saturated heterocycles. The van der Waals surface area contributed by atoms with Crippen LogP contribution in [0, 0.1) is 0 Å². The highest BCUT2D eigenvalue weighted by molar-refractivity contribution is 9.09. The summed E-state index contributed by atoms with van der Waals surface area (Å²) in [5, 5.41) is -0.710. The highest BCUT2D eigenvalue weighted by Gasteiger charge is 2.20. The molecular weight excluding hydrogens is 260 g/mol. The SMILES string of the molecule is COC(Br)C(=O)c1ccccc1C(C)=O. The van der Waals surface area contributed by atoms with Crippen molar-refractivity contribution in [1.82, 2.24) is 0 Å². The summed E-state index contributed by atoms with van der Waals surface area (Å²) < 4.78 is 4.86. The van der Waals surface area contributed by atoms with Crippen molar-refractivity contribution in [3.8, 4) is 0 Å². The Morgan fingerprint density at radius 2 is 1.80 bits per heavy atom. The van der Waals surface area contributed by atoms with Gasteiger partial charge in [-0.1, -0.05) is 24.3 Å². The van der Waals surface area contributed by atoms with Crippen LogP contribution in [0.1, 0.15) is 27.6 Å². The average Bonchev–Trinajstić information content (AvgIpc) is 2.27. The number of rotatable bonds is 4. The number of benzene rings is 1. The van der Waals surface area contributed by atoms with Crippen LogP contribution < -0.4 is 0 Å². The number of Topliss-reactive ketones (excluding diaryl/α,β-unsaturated/α-hetero) is 2. The van der Waals surface area contributed by atoms with E-state index in [-0.39, 0.29) is 11.6 Å². The molecule has 0 amide bonds. The van der Waals surface area contributed by atoms with Gasteiger partial charge in [-0.25, -0.2) is 0 Å². The molecule has 0 aliphatic heterocycles. The van der Waals surface area contributed by atoms with Gasteiger partial charge in [-0.3, -0.25) is 9.59 Å². The third-order valence-corrected chi connectivity index (χ3v) is 2.77. The lowest BCUT2D eigenvalue weighted by molar-refractivity contribution is 0.0800. The highest BCUT2D eigenvalue weighted by Crippen LogP contribution is 2.15. The van der Waals surface area contributed by atoms with Crippen molar-refractivity contribution >= 4 is 27.5 Å². The van der Waals surface area contributed by atoms with Gasteiger partial charge in [-0.05, 0) is 22.9 Å². The van der Waals surface area contributed by atoms with Crippen molar-refractivity contribution in [1.29, 1.82) is 0 Å². The van der Waals surface area contributed by atoms with Gasteiger partial charge in [0.05, 0.1) is 0 Å². The first-order valence-corrected chi connectivity index (χ1v) is 5.30. The van der Waals surface area contributed by atoms with E-state index in [2.05, 4.69) is 15.9 Å². The third-order valence-electron chi connectivity index (χ3n) is 1.98. The Kier molecular flexibility index (Phi) is 4.17. The zero-order chi connectivity index (χ0) is 11.4. The summed E-state index contributed by atoms with van der Waals surface area (Å²) in [6.45, 7) is 1.43. The Hall–Kier alpha value is -1.00. The predicted molar refractivity (Wildman–Crippen MR) is 60.5 cm³/mol. The van der Waals surface area contributed by atoms with Gasteiger partial charge in [0.25, 0.3) is 0 Å². The van der Waals surface area contributed by atoms with Crippen molar-refractivity contribution in [2.24, 2.45) is 0 Å². The van der Waals surface area contributed by atoms with Gasteiger partial charge in [0.1, 0.15) is 0 Å². The Morgan fingerprint density at radius 3 is 2.27 bits per heavy atom. The van der Waals surface area contributed by atoms with Crippen LogP contribution in [0.4, 0.5) is 0 Å². The minimum atomic E-state index is -0.710. The van der Waals surface area contributed by atoms with E-state index in [0.29, 0.717) is 11.1 Å². The summed E-state index contributed by atoms with van der Waals surface area (Å²) >= 11 is 3.08. The first kappa shape index (κ1) is 12.1. The molecule has 1 unspecified atom stereocenters. The summed E-state index contributed by atoms with van der Waals surface area (Å²) in [4.78, 5) is 23.1. The van der Waals surface area contributed by atoms with Gasteiger partial charge in [0.2, 0.25) is 5.78 Å². The number of ether oxygens (including phenoxy) is 1. The lowest BCUT2D eigenvalue weighted by Crippen LogP contribution is -2.18. The van der Waals surface area contributed by atoms with Crippen molar-refractivity contribution in [2.75, 3.05) is 7.11 Å². The molecule has 80 valence electrons. The number of carbonyl (C=O) groups excluding carboxylic acids is 2. The van der Waals surface area contributed by atoms with Gasteiger partial charge in [0, 0.05) is 18.2 Å². The van der Waals surface area contributed by atoms with Crippen molar-refractivity contribution in [3.05, 3.63) is 35.4 Å². The molecule has 0 heterocycles. The summed E-state index contributed by atoms with van der Waals surface area (Å²) in [6, 6.07) is 6.69. The first-order valence-electron chi connectivity index (χ1n) is 4.39. The van der Waals surface area contributed by atoms with Gasteiger partial charge >= 0.3 is 0 Å². The molecule has 15 heavy (non-hydrogen) atoms. The highest BCUT2D eigenvalue weighted by atomic mass is 79.9. The molecule has 0 aliphatic carbocycles. The average molecular weight is 271 g/mol. The Morgan fingerprint density at radius 1 is 1.27 bits per heavy atom. The second-order valence-corrected chi connectivity index (χ2v) is 3.85. The zero-order valence-corrected chi connectivity index (χ0v) is 10.1. The van der Waals surface area contributed by atoms with Gasteiger partial charge in [-0.15, -0.1) is 0 Å². The molecule has 0 bridgehead atoms. The number of halogens is 1. The van der Waals surface area contributed by atoms with Crippen LogP contribution in [0.2, 0.25) is 0 Å². The number of carbonyl (C=O) groups is 2. The molecule has 1 aromatic rings. The monoisotopic (exact) mass is 270 g/mol. The fourth-order valence-electron chi connectivity index (χ4n) is 1.23. The van der Waals surface area contributed by atoms with Gasteiger partial charge < -0.3 is 4.74 Å². The maximum absolute atomic E-state index is 11.8. The molecule has 0 fully saturated rings. The molecule has 4 heteroatoms.